The molecule has 3 heteroatoms. The summed E-state index contributed by atoms with van der Waals surface area (Å²) in [7, 11) is 0. The van der Waals surface area contributed by atoms with E-state index in [1.807, 2.05) is 12.1 Å². The summed E-state index contributed by atoms with van der Waals surface area (Å²) >= 11 is 0. The summed E-state index contributed by atoms with van der Waals surface area (Å²) in [6, 6.07) is 7.33. The lowest BCUT2D eigenvalue weighted by Gasteiger charge is -2.06. The number of aryl methyl sites for hydroxylation is 1. The van der Waals surface area contributed by atoms with E-state index < -0.39 is 5.91 Å². The van der Waals surface area contributed by atoms with Crippen molar-refractivity contribution in [2.24, 2.45) is 0 Å². The highest BCUT2D eigenvalue weighted by Crippen LogP contribution is 2.11. The predicted octanol–water partition coefficient (Wildman–Crippen LogP) is 2.15. The average Bonchev–Trinajstić information content (AvgIpc) is 2.25. The molecule has 1 amide bonds. The van der Waals surface area contributed by atoms with Gasteiger partial charge in [0.2, 0.25) is 0 Å². The van der Waals surface area contributed by atoms with Crippen LogP contribution >= 0.6 is 0 Å². The lowest BCUT2D eigenvalue weighted by Crippen LogP contribution is -2.20. The molecule has 0 aliphatic carbocycles. The molecule has 0 saturated heterocycles. The lowest BCUT2D eigenvalue weighted by atomic mass is 10.0. The Hall–Kier alpha value is -1.35. The highest BCUT2D eigenvalue weighted by Gasteiger charge is 2.08. The van der Waals surface area contributed by atoms with Gasteiger partial charge in [0.05, 0.1) is 0 Å². The molecule has 0 atom stereocenters. The summed E-state index contributed by atoms with van der Waals surface area (Å²) in [6.45, 7) is 2.11. The Morgan fingerprint density at radius 2 is 2.14 bits per heavy atom. The summed E-state index contributed by atoms with van der Waals surface area (Å²) < 4.78 is 0. The lowest BCUT2D eigenvalue weighted by molar-refractivity contribution is 0.0705. The Labute approximate surface area is 83.7 Å². The molecule has 0 radical (unpaired) electrons. The molecule has 0 heterocycles. The standard InChI is InChI=1S/C11H15NO2/c1-2-3-6-9-7-4-5-8-10(9)11(13)12-14/h4-5,7-8,14H,2-3,6H2,1H3,(H,12,13). The highest BCUT2D eigenvalue weighted by atomic mass is 16.5. The number of nitrogens with one attached hydrogen (secondary N) is 1. The van der Waals surface area contributed by atoms with Gasteiger partial charge in [0.15, 0.2) is 0 Å². The second-order valence-electron chi connectivity index (χ2n) is 3.20. The molecular weight excluding hydrogens is 178 g/mol. The molecule has 14 heavy (non-hydrogen) atoms. The number of hydrogen-bond donors (Lipinski definition) is 2. The number of hydrogen-bond acceptors (Lipinski definition) is 2. The molecule has 0 bridgehead atoms. The van der Waals surface area contributed by atoms with Gasteiger partial charge in [-0.25, -0.2) is 5.48 Å². The van der Waals surface area contributed by atoms with E-state index in [9.17, 15) is 4.79 Å². The topological polar surface area (TPSA) is 49.3 Å². The van der Waals surface area contributed by atoms with E-state index in [1.165, 1.54) is 0 Å². The maximum atomic E-state index is 11.2. The summed E-state index contributed by atoms with van der Waals surface area (Å²) in [4.78, 5) is 11.2. The van der Waals surface area contributed by atoms with Gasteiger partial charge in [0.1, 0.15) is 0 Å². The zero-order chi connectivity index (χ0) is 10.4. The van der Waals surface area contributed by atoms with Gasteiger partial charge in [-0.05, 0) is 24.5 Å². The minimum absolute atomic E-state index is 0.434. The Morgan fingerprint density at radius 3 is 2.79 bits per heavy atom. The fourth-order valence-corrected chi connectivity index (χ4v) is 1.39. The Balaban J connectivity index is 2.85. The zero-order valence-electron chi connectivity index (χ0n) is 8.29. The molecule has 76 valence electrons. The van der Waals surface area contributed by atoms with Crippen LogP contribution in [-0.4, -0.2) is 11.1 Å². The minimum Gasteiger partial charge on any atom is -0.288 e. The fraction of sp³-hybridized carbons (Fsp3) is 0.364. The molecule has 0 aromatic heterocycles. The zero-order valence-corrected chi connectivity index (χ0v) is 8.29. The molecule has 0 spiro atoms. The number of unbranched alkanes of at least 4 members (excludes halogenated alkanes) is 1. The number of rotatable bonds is 4. The number of hydroxylamine groups is 1. The third-order valence-corrected chi connectivity index (χ3v) is 2.16. The smallest absolute Gasteiger partial charge is 0.274 e. The van der Waals surface area contributed by atoms with E-state index in [4.69, 9.17) is 5.21 Å². The van der Waals surface area contributed by atoms with Gasteiger partial charge >= 0.3 is 0 Å². The third kappa shape index (κ3) is 2.57. The van der Waals surface area contributed by atoms with Crippen molar-refractivity contribution >= 4 is 5.91 Å². The van der Waals surface area contributed by atoms with Crippen molar-refractivity contribution in [3.05, 3.63) is 35.4 Å². The van der Waals surface area contributed by atoms with Gasteiger partial charge < -0.3 is 0 Å². The van der Waals surface area contributed by atoms with Crippen molar-refractivity contribution in [3.63, 3.8) is 0 Å². The molecule has 0 saturated carbocycles. The number of amides is 1. The summed E-state index contributed by atoms with van der Waals surface area (Å²) in [5.74, 6) is -0.434. The predicted molar refractivity (Wildman–Crippen MR) is 54.3 cm³/mol. The third-order valence-electron chi connectivity index (χ3n) is 2.16. The van der Waals surface area contributed by atoms with Crippen LogP contribution in [0.3, 0.4) is 0 Å². The molecule has 3 nitrogen and oxygen atoms in total. The van der Waals surface area contributed by atoms with Crippen LogP contribution in [-0.2, 0) is 6.42 Å². The molecule has 2 N–H and O–H groups in total. The van der Waals surface area contributed by atoms with Crippen LogP contribution in [0.2, 0.25) is 0 Å². The first-order chi connectivity index (χ1) is 6.79. The van der Waals surface area contributed by atoms with Gasteiger partial charge in [0.25, 0.3) is 5.91 Å². The van der Waals surface area contributed by atoms with Crippen LogP contribution in [0.25, 0.3) is 0 Å². The Kier molecular flexibility index (Phi) is 4.13. The molecule has 1 aromatic carbocycles. The maximum Gasteiger partial charge on any atom is 0.274 e. The van der Waals surface area contributed by atoms with E-state index in [0.29, 0.717) is 5.56 Å². The molecule has 0 unspecified atom stereocenters. The second kappa shape index (κ2) is 5.40. The van der Waals surface area contributed by atoms with Crippen molar-refractivity contribution in [1.29, 1.82) is 0 Å². The van der Waals surface area contributed by atoms with Crippen LogP contribution in [0, 0.1) is 0 Å². The van der Waals surface area contributed by atoms with Crippen LogP contribution in [0.4, 0.5) is 0 Å². The Bertz CT molecular complexity index is 310. The van der Waals surface area contributed by atoms with Crippen molar-refractivity contribution < 1.29 is 10.0 Å². The molecule has 0 fully saturated rings. The van der Waals surface area contributed by atoms with Gasteiger partial charge in [-0.1, -0.05) is 31.5 Å². The number of benzene rings is 1. The largest absolute Gasteiger partial charge is 0.288 e. The summed E-state index contributed by atoms with van der Waals surface area (Å²) in [5.41, 5.74) is 3.20. The van der Waals surface area contributed by atoms with Crippen LogP contribution in [0.5, 0.6) is 0 Å². The van der Waals surface area contributed by atoms with E-state index in [-0.39, 0.29) is 0 Å². The molecule has 1 aromatic rings. The van der Waals surface area contributed by atoms with Crippen molar-refractivity contribution in [3.8, 4) is 0 Å². The second-order valence-corrected chi connectivity index (χ2v) is 3.20. The van der Waals surface area contributed by atoms with Gasteiger partial charge in [0, 0.05) is 5.56 Å². The summed E-state index contributed by atoms with van der Waals surface area (Å²) in [6.07, 6.45) is 3.02. The van der Waals surface area contributed by atoms with Crippen molar-refractivity contribution in [2.45, 2.75) is 26.2 Å². The highest BCUT2D eigenvalue weighted by molar-refractivity contribution is 5.94. The number of carbonyl (C=O) groups is 1. The maximum absolute atomic E-state index is 11.2. The quantitative estimate of drug-likeness (QED) is 0.568. The SMILES string of the molecule is CCCCc1ccccc1C(=O)NO. The average molecular weight is 193 g/mol. The molecule has 1 rings (SSSR count). The van der Waals surface area contributed by atoms with Crippen molar-refractivity contribution in [1.82, 2.24) is 5.48 Å². The normalized spacial score (nSPS) is 9.86. The first kappa shape index (κ1) is 10.7. The molecule has 0 aliphatic rings. The number of carbonyl (C=O) groups excluding carboxylic acids is 1. The van der Waals surface area contributed by atoms with E-state index in [1.54, 1.807) is 17.6 Å². The minimum atomic E-state index is -0.434. The van der Waals surface area contributed by atoms with Gasteiger partial charge in [-0.15, -0.1) is 0 Å². The van der Waals surface area contributed by atoms with E-state index >= 15 is 0 Å². The first-order valence-corrected chi connectivity index (χ1v) is 4.82. The monoisotopic (exact) mass is 193 g/mol. The van der Waals surface area contributed by atoms with Gasteiger partial charge in [-0.3, -0.25) is 10.0 Å². The Morgan fingerprint density at radius 1 is 1.43 bits per heavy atom. The molecule has 0 aliphatic heterocycles. The van der Waals surface area contributed by atoms with Crippen LogP contribution in [0.1, 0.15) is 35.7 Å². The van der Waals surface area contributed by atoms with Crippen LogP contribution in [0.15, 0.2) is 24.3 Å². The first-order valence-electron chi connectivity index (χ1n) is 4.82. The molecular formula is C11H15NO2. The van der Waals surface area contributed by atoms with E-state index in [0.717, 1.165) is 24.8 Å². The van der Waals surface area contributed by atoms with E-state index in [2.05, 4.69) is 6.92 Å². The van der Waals surface area contributed by atoms with Crippen molar-refractivity contribution in [2.75, 3.05) is 0 Å². The van der Waals surface area contributed by atoms with Gasteiger partial charge in [-0.2, -0.15) is 0 Å². The fourth-order valence-electron chi connectivity index (χ4n) is 1.39. The summed E-state index contributed by atoms with van der Waals surface area (Å²) in [5, 5.41) is 8.54. The van der Waals surface area contributed by atoms with Crippen LogP contribution < -0.4 is 5.48 Å².